The van der Waals surface area contributed by atoms with E-state index >= 15 is 0 Å². The van der Waals surface area contributed by atoms with Gasteiger partial charge in [-0.15, -0.1) is 11.3 Å². The predicted molar refractivity (Wildman–Crippen MR) is 51.3 cm³/mol. The van der Waals surface area contributed by atoms with Gasteiger partial charge < -0.3 is 5.32 Å². The topological polar surface area (TPSA) is 42.0 Å². The third kappa shape index (κ3) is 1.95. The van der Waals surface area contributed by atoms with Crippen molar-refractivity contribution < 1.29 is 4.79 Å². The van der Waals surface area contributed by atoms with Crippen LogP contribution in [0.4, 0.5) is 0 Å². The Morgan fingerprint density at radius 1 is 1.69 bits per heavy atom. The smallest absolute Gasteiger partial charge is 0.247 e. The van der Waals surface area contributed by atoms with Crippen molar-refractivity contribution in [3.8, 4) is 0 Å². The van der Waals surface area contributed by atoms with E-state index in [1.165, 1.54) is 0 Å². The molecule has 1 aromatic heterocycles. The van der Waals surface area contributed by atoms with E-state index < -0.39 is 0 Å². The summed E-state index contributed by atoms with van der Waals surface area (Å²) in [5.41, 5.74) is 2.69. The number of nitrogens with zero attached hydrogens (tertiary/aromatic N) is 1. The molecule has 1 aliphatic rings. The summed E-state index contributed by atoms with van der Waals surface area (Å²) in [7, 11) is 0. The number of amides is 1. The van der Waals surface area contributed by atoms with Gasteiger partial charge in [0, 0.05) is 16.6 Å². The highest BCUT2D eigenvalue weighted by Crippen LogP contribution is 2.17. The van der Waals surface area contributed by atoms with Crippen LogP contribution in [0.2, 0.25) is 0 Å². The maximum absolute atomic E-state index is 11.3. The van der Waals surface area contributed by atoms with Crippen LogP contribution in [-0.2, 0) is 11.3 Å². The summed E-state index contributed by atoms with van der Waals surface area (Å²) in [5, 5.41) is 2.85. The highest BCUT2D eigenvalue weighted by molar-refractivity contribution is 7.09. The van der Waals surface area contributed by atoms with Crippen molar-refractivity contribution in [1.82, 2.24) is 10.3 Å². The first-order valence-corrected chi connectivity index (χ1v) is 5.09. The summed E-state index contributed by atoms with van der Waals surface area (Å²) in [6, 6.07) is 0. The summed E-state index contributed by atoms with van der Waals surface area (Å²) in [6.07, 6.45) is 5.72. The zero-order valence-electron chi connectivity index (χ0n) is 7.12. The van der Waals surface area contributed by atoms with E-state index in [0.717, 1.165) is 23.3 Å². The van der Waals surface area contributed by atoms with E-state index in [0.29, 0.717) is 6.54 Å². The number of nitrogens with one attached hydrogen (secondary N) is 1. The lowest BCUT2D eigenvalue weighted by molar-refractivity contribution is -0.118. The van der Waals surface area contributed by atoms with Gasteiger partial charge in [-0.25, -0.2) is 0 Å². The Hall–Kier alpha value is -1.16. The SMILES string of the molecule is O=C(NCc1cncs1)C1=CCC1. The highest BCUT2D eigenvalue weighted by atomic mass is 32.1. The molecule has 0 aromatic carbocycles. The molecule has 13 heavy (non-hydrogen) atoms. The third-order valence-electron chi connectivity index (χ3n) is 2.00. The summed E-state index contributed by atoms with van der Waals surface area (Å²) in [4.78, 5) is 16.3. The lowest BCUT2D eigenvalue weighted by atomic mass is 9.98. The summed E-state index contributed by atoms with van der Waals surface area (Å²) in [5.74, 6) is 0.0691. The lowest BCUT2D eigenvalue weighted by Crippen LogP contribution is -2.26. The van der Waals surface area contributed by atoms with Crippen molar-refractivity contribution in [2.45, 2.75) is 19.4 Å². The molecule has 0 saturated heterocycles. The Labute approximate surface area is 80.5 Å². The second-order valence-corrected chi connectivity index (χ2v) is 3.89. The minimum absolute atomic E-state index is 0.0691. The average Bonchev–Trinajstić information content (AvgIpc) is 2.49. The number of carbonyl (C=O) groups excluding carboxylic acids is 1. The quantitative estimate of drug-likeness (QED) is 0.792. The number of thiazole rings is 1. The van der Waals surface area contributed by atoms with E-state index in [9.17, 15) is 4.79 Å². The number of allylic oxidation sites excluding steroid dienone is 1. The normalized spacial score (nSPS) is 14.6. The Balaban J connectivity index is 1.82. The van der Waals surface area contributed by atoms with Crippen molar-refractivity contribution >= 4 is 17.2 Å². The molecule has 1 amide bonds. The summed E-state index contributed by atoms with van der Waals surface area (Å²) >= 11 is 1.56. The summed E-state index contributed by atoms with van der Waals surface area (Å²) in [6.45, 7) is 0.598. The second-order valence-electron chi connectivity index (χ2n) is 2.92. The van der Waals surface area contributed by atoms with Crippen LogP contribution in [0, 0.1) is 0 Å². The Bertz CT molecular complexity index is 329. The first-order chi connectivity index (χ1) is 6.36. The van der Waals surface area contributed by atoms with Gasteiger partial charge in [-0.2, -0.15) is 0 Å². The number of carbonyl (C=O) groups is 1. The van der Waals surface area contributed by atoms with Gasteiger partial charge in [0.1, 0.15) is 0 Å². The van der Waals surface area contributed by atoms with Gasteiger partial charge in [0.05, 0.1) is 12.1 Å². The van der Waals surface area contributed by atoms with Crippen LogP contribution >= 0.6 is 11.3 Å². The van der Waals surface area contributed by atoms with Crippen LogP contribution in [0.15, 0.2) is 23.4 Å². The highest BCUT2D eigenvalue weighted by Gasteiger charge is 2.13. The number of hydrogen-bond donors (Lipinski definition) is 1. The monoisotopic (exact) mass is 194 g/mol. The molecule has 3 nitrogen and oxygen atoms in total. The maximum Gasteiger partial charge on any atom is 0.247 e. The molecular formula is C9H10N2OS. The Morgan fingerprint density at radius 2 is 2.54 bits per heavy atom. The minimum atomic E-state index is 0.0691. The van der Waals surface area contributed by atoms with Crippen LogP contribution in [0.3, 0.4) is 0 Å². The van der Waals surface area contributed by atoms with E-state index in [-0.39, 0.29) is 5.91 Å². The van der Waals surface area contributed by atoms with Crippen molar-refractivity contribution in [3.63, 3.8) is 0 Å². The van der Waals surface area contributed by atoms with Crippen LogP contribution < -0.4 is 5.32 Å². The van der Waals surface area contributed by atoms with Gasteiger partial charge >= 0.3 is 0 Å². The van der Waals surface area contributed by atoms with Crippen LogP contribution in [-0.4, -0.2) is 10.9 Å². The number of aromatic nitrogens is 1. The zero-order chi connectivity index (χ0) is 9.10. The first kappa shape index (κ1) is 8.44. The molecule has 0 saturated carbocycles. The molecule has 0 unspecified atom stereocenters. The fraction of sp³-hybridized carbons (Fsp3) is 0.333. The van der Waals surface area contributed by atoms with Gasteiger partial charge in [0.15, 0.2) is 0 Å². The molecule has 0 radical (unpaired) electrons. The fourth-order valence-electron chi connectivity index (χ4n) is 1.11. The van der Waals surface area contributed by atoms with E-state index in [1.54, 1.807) is 23.0 Å². The fourth-order valence-corrected chi connectivity index (χ4v) is 1.64. The molecule has 0 atom stereocenters. The van der Waals surface area contributed by atoms with E-state index in [1.807, 2.05) is 6.08 Å². The largest absolute Gasteiger partial charge is 0.347 e. The first-order valence-electron chi connectivity index (χ1n) is 4.21. The molecule has 0 bridgehead atoms. The molecule has 1 aromatic rings. The van der Waals surface area contributed by atoms with Crippen LogP contribution in [0.25, 0.3) is 0 Å². The molecule has 4 heteroatoms. The van der Waals surface area contributed by atoms with Gasteiger partial charge in [0.25, 0.3) is 0 Å². The molecule has 0 fully saturated rings. The lowest BCUT2D eigenvalue weighted by Gasteiger charge is -2.13. The summed E-state index contributed by atoms with van der Waals surface area (Å²) < 4.78 is 0. The van der Waals surface area contributed by atoms with Crippen LogP contribution in [0.1, 0.15) is 17.7 Å². The van der Waals surface area contributed by atoms with Gasteiger partial charge in [-0.1, -0.05) is 6.08 Å². The number of hydrogen-bond acceptors (Lipinski definition) is 3. The molecule has 0 spiro atoms. The van der Waals surface area contributed by atoms with Crippen molar-refractivity contribution in [2.24, 2.45) is 0 Å². The maximum atomic E-state index is 11.3. The molecule has 1 N–H and O–H groups in total. The van der Waals surface area contributed by atoms with Crippen LogP contribution in [0.5, 0.6) is 0 Å². The third-order valence-corrected chi connectivity index (χ3v) is 2.78. The van der Waals surface area contributed by atoms with E-state index in [4.69, 9.17) is 0 Å². The molecule has 68 valence electrons. The predicted octanol–water partition coefficient (Wildman–Crippen LogP) is 1.48. The molecule has 2 rings (SSSR count). The Morgan fingerprint density at radius 3 is 3.08 bits per heavy atom. The molecule has 1 aliphatic carbocycles. The second kappa shape index (κ2) is 3.70. The van der Waals surface area contributed by atoms with E-state index in [2.05, 4.69) is 10.3 Å². The van der Waals surface area contributed by atoms with Gasteiger partial charge in [-0.3, -0.25) is 9.78 Å². The average molecular weight is 194 g/mol. The molecular weight excluding hydrogens is 184 g/mol. The van der Waals surface area contributed by atoms with Crippen molar-refractivity contribution in [1.29, 1.82) is 0 Å². The zero-order valence-corrected chi connectivity index (χ0v) is 7.93. The number of rotatable bonds is 3. The van der Waals surface area contributed by atoms with Gasteiger partial charge in [-0.05, 0) is 12.8 Å². The molecule has 1 heterocycles. The van der Waals surface area contributed by atoms with Gasteiger partial charge in [0.2, 0.25) is 5.91 Å². The van der Waals surface area contributed by atoms with Crippen molar-refractivity contribution in [3.05, 3.63) is 28.2 Å². The minimum Gasteiger partial charge on any atom is -0.347 e. The molecule has 0 aliphatic heterocycles. The van der Waals surface area contributed by atoms with Crippen molar-refractivity contribution in [2.75, 3.05) is 0 Å². The Kier molecular flexibility index (Phi) is 2.40. The standard InChI is InChI=1S/C9H10N2OS/c12-9(7-2-1-3-7)11-5-8-4-10-6-13-8/h2,4,6H,1,3,5H2,(H,11,12).